The molecule has 0 fully saturated rings. The van der Waals surface area contributed by atoms with E-state index in [4.69, 9.17) is 11.6 Å². The molecular weight excluding hydrogens is 428 g/mol. The van der Waals surface area contributed by atoms with Crippen molar-refractivity contribution in [3.63, 3.8) is 0 Å². The van der Waals surface area contributed by atoms with Gasteiger partial charge in [0, 0.05) is 31.6 Å². The van der Waals surface area contributed by atoms with Gasteiger partial charge in [0.25, 0.3) is 0 Å². The lowest BCUT2D eigenvalue weighted by Gasteiger charge is -2.39. The summed E-state index contributed by atoms with van der Waals surface area (Å²) < 4.78 is 0. The second kappa shape index (κ2) is 10.7. The Labute approximate surface area is 203 Å². The molecule has 174 valence electrons. The standard InChI is InChI=1S/C27H29ClN2O.C2H6/c1-30-13-12-19-14-24(28)26(31)15-23(19)27-22-9-5-8-20(21(22)10-11-25(27)30)17-29-16-18-6-3-2-4-7-18;1-2/h2-9,14-15,25,27,29,31H,10-13,16-17H2,1H3;1-2H3. The number of aromatic hydroxyl groups is 1. The number of benzene rings is 3. The number of phenolic OH excluding ortho intramolecular Hbond substituents is 1. The molecule has 1 heterocycles. The summed E-state index contributed by atoms with van der Waals surface area (Å²) >= 11 is 6.27. The van der Waals surface area contributed by atoms with Gasteiger partial charge in [-0.1, -0.05) is 74.0 Å². The zero-order chi connectivity index (χ0) is 23.4. The topological polar surface area (TPSA) is 35.5 Å². The van der Waals surface area contributed by atoms with E-state index in [0.29, 0.717) is 11.1 Å². The van der Waals surface area contributed by atoms with Crippen molar-refractivity contribution in [2.75, 3.05) is 13.6 Å². The predicted molar refractivity (Wildman–Crippen MR) is 138 cm³/mol. The summed E-state index contributed by atoms with van der Waals surface area (Å²) in [5.74, 6) is 0.458. The zero-order valence-corrected chi connectivity index (χ0v) is 20.7. The van der Waals surface area contributed by atoms with E-state index in [2.05, 4.69) is 65.8 Å². The van der Waals surface area contributed by atoms with Gasteiger partial charge < -0.3 is 15.3 Å². The van der Waals surface area contributed by atoms with E-state index in [1.54, 1.807) is 0 Å². The van der Waals surface area contributed by atoms with Crippen molar-refractivity contribution in [1.82, 2.24) is 10.2 Å². The largest absolute Gasteiger partial charge is 0.506 e. The Morgan fingerprint density at radius 3 is 2.55 bits per heavy atom. The Morgan fingerprint density at radius 1 is 0.970 bits per heavy atom. The highest BCUT2D eigenvalue weighted by Crippen LogP contribution is 2.45. The molecule has 2 unspecified atom stereocenters. The molecular formula is C29H35ClN2O. The minimum Gasteiger partial charge on any atom is -0.506 e. The van der Waals surface area contributed by atoms with E-state index >= 15 is 0 Å². The second-order valence-corrected chi connectivity index (χ2v) is 9.30. The van der Waals surface area contributed by atoms with E-state index in [1.807, 2.05) is 26.0 Å². The third-order valence-electron chi connectivity index (χ3n) is 7.05. The Balaban J connectivity index is 0.00000126. The number of nitrogens with one attached hydrogen (secondary N) is 1. The summed E-state index contributed by atoms with van der Waals surface area (Å²) in [5, 5.41) is 14.5. The van der Waals surface area contributed by atoms with Gasteiger partial charge in [-0.15, -0.1) is 0 Å². The van der Waals surface area contributed by atoms with Crippen LogP contribution in [0.25, 0.3) is 0 Å². The minimum atomic E-state index is 0.191. The summed E-state index contributed by atoms with van der Waals surface area (Å²) in [6.07, 6.45) is 3.19. The van der Waals surface area contributed by atoms with Crippen molar-refractivity contribution in [2.45, 2.75) is 58.2 Å². The quantitative estimate of drug-likeness (QED) is 0.477. The fraction of sp³-hybridized carbons (Fsp3) is 0.379. The van der Waals surface area contributed by atoms with Gasteiger partial charge in [-0.2, -0.15) is 0 Å². The van der Waals surface area contributed by atoms with Crippen LogP contribution in [-0.4, -0.2) is 29.6 Å². The third-order valence-corrected chi connectivity index (χ3v) is 7.35. The summed E-state index contributed by atoms with van der Waals surface area (Å²) in [7, 11) is 2.24. The molecule has 0 saturated carbocycles. The van der Waals surface area contributed by atoms with Crippen LogP contribution < -0.4 is 5.32 Å². The van der Waals surface area contributed by atoms with Gasteiger partial charge in [0.15, 0.2) is 0 Å². The van der Waals surface area contributed by atoms with E-state index in [-0.39, 0.29) is 11.7 Å². The second-order valence-electron chi connectivity index (χ2n) is 8.89. The molecule has 33 heavy (non-hydrogen) atoms. The highest BCUT2D eigenvalue weighted by atomic mass is 35.5. The first kappa shape index (κ1) is 23.8. The fourth-order valence-electron chi connectivity index (χ4n) is 5.46. The fourth-order valence-corrected chi connectivity index (χ4v) is 5.64. The SMILES string of the molecule is CC.CN1CCc2cc(Cl)c(O)cc2C2c3cccc(CNCc4ccccc4)c3CCC21. The van der Waals surface area contributed by atoms with Crippen LogP contribution in [0.4, 0.5) is 0 Å². The maximum absolute atomic E-state index is 10.4. The summed E-state index contributed by atoms with van der Waals surface area (Å²) in [6.45, 7) is 6.75. The first-order valence-corrected chi connectivity index (χ1v) is 12.6. The van der Waals surface area contributed by atoms with Crippen molar-refractivity contribution in [2.24, 2.45) is 0 Å². The zero-order valence-electron chi connectivity index (χ0n) is 19.9. The van der Waals surface area contributed by atoms with Crippen LogP contribution in [0, 0.1) is 0 Å². The molecule has 2 N–H and O–H groups in total. The van der Waals surface area contributed by atoms with E-state index in [0.717, 1.165) is 38.9 Å². The highest BCUT2D eigenvalue weighted by molar-refractivity contribution is 6.32. The van der Waals surface area contributed by atoms with Gasteiger partial charge in [-0.3, -0.25) is 0 Å². The first-order chi connectivity index (χ1) is 16.1. The predicted octanol–water partition coefficient (Wildman–Crippen LogP) is 6.30. The van der Waals surface area contributed by atoms with E-state index in [1.165, 1.54) is 33.4 Å². The van der Waals surface area contributed by atoms with Crippen LogP contribution in [0.15, 0.2) is 60.7 Å². The lowest BCUT2D eigenvalue weighted by Crippen LogP contribution is -2.40. The van der Waals surface area contributed by atoms with Gasteiger partial charge >= 0.3 is 0 Å². The van der Waals surface area contributed by atoms with Gasteiger partial charge in [0.2, 0.25) is 0 Å². The molecule has 3 aromatic rings. The van der Waals surface area contributed by atoms with Gasteiger partial charge in [-0.05, 0) is 71.8 Å². The maximum Gasteiger partial charge on any atom is 0.134 e. The minimum absolute atomic E-state index is 0.191. The number of fused-ring (bicyclic) bond motifs is 5. The molecule has 0 spiro atoms. The van der Waals surface area contributed by atoms with Crippen LogP contribution in [0.5, 0.6) is 5.75 Å². The molecule has 0 amide bonds. The van der Waals surface area contributed by atoms with Crippen LogP contribution in [0.2, 0.25) is 5.02 Å². The Hall–Kier alpha value is -2.33. The molecule has 1 aliphatic carbocycles. The van der Waals surface area contributed by atoms with Crippen LogP contribution in [-0.2, 0) is 25.9 Å². The number of rotatable bonds is 4. The summed E-state index contributed by atoms with van der Waals surface area (Å²) in [5.41, 5.74) is 8.08. The maximum atomic E-state index is 10.4. The molecule has 0 radical (unpaired) electrons. The Bertz CT molecular complexity index is 1080. The summed E-state index contributed by atoms with van der Waals surface area (Å²) in [4.78, 5) is 2.50. The smallest absolute Gasteiger partial charge is 0.134 e. The number of nitrogens with zero attached hydrogens (tertiary/aromatic N) is 1. The Morgan fingerprint density at radius 2 is 1.76 bits per heavy atom. The number of halogens is 1. The average molecular weight is 463 g/mol. The lowest BCUT2D eigenvalue weighted by molar-refractivity contribution is 0.213. The van der Waals surface area contributed by atoms with Crippen LogP contribution >= 0.6 is 11.6 Å². The molecule has 3 aromatic carbocycles. The molecule has 2 atom stereocenters. The molecule has 0 saturated heterocycles. The molecule has 4 heteroatoms. The van der Waals surface area contributed by atoms with Crippen molar-refractivity contribution in [1.29, 1.82) is 0 Å². The van der Waals surface area contributed by atoms with Crippen molar-refractivity contribution >= 4 is 11.6 Å². The molecule has 2 aliphatic rings. The highest BCUT2D eigenvalue weighted by Gasteiger charge is 2.37. The van der Waals surface area contributed by atoms with Gasteiger partial charge in [-0.25, -0.2) is 0 Å². The van der Waals surface area contributed by atoms with Crippen molar-refractivity contribution in [3.8, 4) is 5.75 Å². The Kier molecular flexibility index (Phi) is 7.75. The van der Waals surface area contributed by atoms with Crippen LogP contribution in [0.1, 0.15) is 59.6 Å². The third kappa shape index (κ3) is 4.96. The number of hydrogen-bond acceptors (Lipinski definition) is 3. The molecule has 0 bridgehead atoms. The summed E-state index contributed by atoms with van der Waals surface area (Å²) in [6, 6.07) is 21.6. The van der Waals surface area contributed by atoms with Crippen molar-refractivity contribution < 1.29 is 5.11 Å². The van der Waals surface area contributed by atoms with Gasteiger partial charge in [0.05, 0.1) is 5.02 Å². The monoisotopic (exact) mass is 462 g/mol. The van der Waals surface area contributed by atoms with Crippen molar-refractivity contribution in [3.05, 3.63) is 99.1 Å². The van der Waals surface area contributed by atoms with Gasteiger partial charge in [0.1, 0.15) is 5.75 Å². The molecule has 1 aliphatic heterocycles. The lowest BCUT2D eigenvalue weighted by atomic mass is 9.73. The first-order valence-electron chi connectivity index (χ1n) is 12.2. The number of phenols is 1. The average Bonchev–Trinajstić information content (AvgIpc) is 2.98. The van der Waals surface area contributed by atoms with Crippen LogP contribution in [0.3, 0.4) is 0 Å². The molecule has 3 nitrogen and oxygen atoms in total. The number of hydrogen-bond donors (Lipinski definition) is 2. The normalized spacial score (nSPS) is 19.4. The van der Waals surface area contributed by atoms with E-state index < -0.39 is 0 Å². The molecule has 0 aromatic heterocycles. The number of likely N-dealkylation sites (N-methyl/N-ethyl adjacent to an activating group) is 1. The van der Waals surface area contributed by atoms with E-state index in [9.17, 15) is 5.11 Å². The molecule has 5 rings (SSSR count).